The third kappa shape index (κ3) is 2.21. The Balaban J connectivity index is 2.22. The van der Waals surface area contributed by atoms with E-state index in [1.807, 2.05) is 0 Å². The SMILES string of the molecule is O=c1n(-c2ccccc2)cc(O)n1S(=O)(=O)c1ccccc1. The van der Waals surface area contributed by atoms with Crippen LogP contribution in [0.3, 0.4) is 0 Å². The quantitative estimate of drug-likeness (QED) is 0.795. The second kappa shape index (κ2) is 5.19. The van der Waals surface area contributed by atoms with Crippen molar-refractivity contribution in [1.82, 2.24) is 8.54 Å². The van der Waals surface area contributed by atoms with Crippen molar-refractivity contribution in [2.45, 2.75) is 4.90 Å². The van der Waals surface area contributed by atoms with Crippen molar-refractivity contribution in [2.24, 2.45) is 0 Å². The highest BCUT2D eigenvalue weighted by Crippen LogP contribution is 2.19. The molecule has 0 aliphatic heterocycles. The van der Waals surface area contributed by atoms with E-state index in [1.165, 1.54) is 12.1 Å². The van der Waals surface area contributed by atoms with E-state index in [9.17, 15) is 18.3 Å². The van der Waals surface area contributed by atoms with Crippen LogP contribution in [0.5, 0.6) is 5.88 Å². The zero-order chi connectivity index (χ0) is 15.7. The Kier molecular flexibility index (Phi) is 3.34. The van der Waals surface area contributed by atoms with E-state index in [0.717, 1.165) is 10.8 Å². The Hall–Kier alpha value is -2.80. The van der Waals surface area contributed by atoms with Crippen molar-refractivity contribution < 1.29 is 13.5 Å². The molecule has 1 N–H and O–H groups in total. The Bertz CT molecular complexity index is 958. The predicted molar refractivity (Wildman–Crippen MR) is 80.7 cm³/mol. The van der Waals surface area contributed by atoms with Gasteiger partial charge in [0.25, 0.3) is 10.0 Å². The highest BCUT2D eigenvalue weighted by atomic mass is 32.2. The predicted octanol–water partition coefficient (Wildman–Crippen LogP) is 1.58. The average Bonchev–Trinajstić information content (AvgIpc) is 2.84. The van der Waals surface area contributed by atoms with Crippen LogP contribution in [0, 0.1) is 0 Å². The van der Waals surface area contributed by atoms with E-state index >= 15 is 0 Å². The van der Waals surface area contributed by atoms with Crippen molar-refractivity contribution >= 4 is 10.0 Å². The topological polar surface area (TPSA) is 81.3 Å². The molecule has 22 heavy (non-hydrogen) atoms. The molecule has 0 amide bonds. The number of nitrogens with zero attached hydrogens (tertiary/aromatic N) is 2. The van der Waals surface area contributed by atoms with E-state index in [0.29, 0.717) is 9.66 Å². The fourth-order valence-electron chi connectivity index (χ4n) is 2.12. The molecule has 0 aliphatic rings. The van der Waals surface area contributed by atoms with Crippen molar-refractivity contribution in [3.63, 3.8) is 0 Å². The summed E-state index contributed by atoms with van der Waals surface area (Å²) in [6.45, 7) is 0. The smallest absolute Gasteiger partial charge is 0.350 e. The van der Waals surface area contributed by atoms with Gasteiger partial charge in [0.05, 0.1) is 16.8 Å². The molecule has 0 radical (unpaired) electrons. The first kappa shape index (κ1) is 14.2. The average molecular weight is 316 g/mol. The van der Waals surface area contributed by atoms with Gasteiger partial charge in [0.2, 0.25) is 5.88 Å². The van der Waals surface area contributed by atoms with E-state index in [2.05, 4.69) is 0 Å². The largest absolute Gasteiger partial charge is 0.493 e. The standard InChI is InChI=1S/C15H12N2O4S/c18-14-11-16(12-7-3-1-4-8-12)15(19)17(14)22(20,21)13-9-5-2-6-10-13/h1-11,18H. The number of rotatable bonds is 3. The molecule has 0 bridgehead atoms. The lowest BCUT2D eigenvalue weighted by Gasteiger charge is -2.05. The molecule has 0 atom stereocenters. The monoisotopic (exact) mass is 316 g/mol. The normalized spacial score (nSPS) is 11.5. The number of aromatic nitrogens is 2. The second-order valence-corrected chi connectivity index (χ2v) is 6.34. The molecule has 7 heteroatoms. The Labute approximate surface area is 126 Å². The molecule has 2 aromatic carbocycles. The molecule has 0 spiro atoms. The minimum atomic E-state index is -4.15. The molecule has 6 nitrogen and oxygen atoms in total. The maximum atomic E-state index is 12.5. The molecule has 1 heterocycles. The van der Waals surface area contributed by atoms with Gasteiger partial charge in [-0.3, -0.25) is 4.57 Å². The molecule has 0 saturated carbocycles. The van der Waals surface area contributed by atoms with Gasteiger partial charge in [-0.25, -0.2) is 13.2 Å². The molecule has 1 aromatic heterocycles. The molecule has 0 saturated heterocycles. The minimum absolute atomic E-state index is 0.0711. The van der Waals surface area contributed by atoms with Crippen molar-refractivity contribution in [3.8, 4) is 11.6 Å². The lowest BCUT2D eigenvalue weighted by Crippen LogP contribution is -2.28. The highest BCUT2D eigenvalue weighted by molar-refractivity contribution is 7.90. The summed E-state index contributed by atoms with van der Waals surface area (Å²) in [5, 5.41) is 9.93. The van der Waals surface area contributed by atoms with Gasteiger partial charge in [0.15, 0.2) is 0 Å². The Morgan fingerprint density at radius 1 is 0.864 bits per heavy atom. The van der Waals surface area contributed by atoms with E-state index in [-0.39, 0.29) is 4.90 Å². The minimum Gasteiger partial charge on any atom is -0.493 e. The molecular weight excluding hydrogens is 304 g/mol. The first-order chi connectivity index (χ1) is 10.5. The van der Waals surface area contributed by atoms with Crippen molar-refractivity contribution in [1.29, 1.82) is 0 Å². The van der Waals surface area contributed by atoms with E-state index in [1.54, 1.807) is 48.5 Å². The van der Waals surface area contributed by atoms with E-state index in [4.69, 9.17) is 0 Å². The van der Waals surface area contributed by atoms with Gasteiger partial charge in [-0.05, 0) is 24.3 Å². The molecule has 112 valence electrons. The van der Waals surface area contributed by atoms with Gasteiger partial charge in [-0.15, -0.1) is 3.97 Å². The number of imidazole rings is 1. The summed E-state index contributed by atoms with van der Waals surface area (Å²) in [6.07, 6.45) is 1.08. The number of hydrogen-bond donors (Lipinski definition) is 1. The summed E-state index contributed by atoms with van der Waals surface area (Å²) in [6, 6.07) is 15.9. The summed E-state index contributed by atoms with van der Waals surface area (Å²) < 4.78 is 26.5. The molecule has 3 rings (SSSR count). The van der Waals surface area contributed by atoms with Crippen LogP contribution in [-0.2, 0) is 10.0 Å². The zero-order valence-corrected chi connectivity index (χ0v) is 12.1. The lowest BCUT2D eigenvalue weighted by atomic mass is 10.3. The van der Waals surface area contributed by atoms with Gasteiger partial charge in [0.1, 0.15) is 0 Å². The van der Waals surface area contributed by atoms with Crippen LogP contribution < -0.4 is 5.69 Å². The first-order valence-corrected chi connectivity index (χ1v) is 7.85. The fraction of sp³-hybridized carbons (Fsp3) is 0. The van der Waals surface area contributed by atoms with Crippen LogP contribution in [0.1, 0.15) is 0 Å². The molecular formula is C15H12N2O4S. The van der Waals surface area contributed by atoms with E-state index < -0.39 is 21.6 Å². The molecule has 0 unspecified atom stereocenters. The third-order valence-corrected chi connectivity index (χ3v) is 4.84. The Morgan fingerprint density at radius 2 is 1.41 bits per heavy atom. The number of hydrogen-bond acceptors (Lipinski definition) is 4. The van der Waals surface area contributed by atoms with Gasteiger partial charge in [-0.2, -0.15) is 0 Å². The van der Waals surface area contributed by atoms with Crippen LogP contribution in [-0.4, -0.2) is 22.1 Å². The van der Waals surface area contributed by atoms with Crippen LogP contribution in [0.25, 0.3) is 5.69 Å². The van der Waals surface area contributed by atoms with Gasteiger partial charge < -0.3 is 5.11 Å². The van der Waals surface area contributed by atoms with Gasteiger partial charge in [0, 0.05) is 0 Å². The third-order valence-electron chi connectivity index (χ3n) is 3.15. The first-order valence-electron chi connectivity index (χ1n) is 6.41. The maximum Gasteiger partial charge on any atom is 0.350 e. The fourth-order valence-corrected chi connectivity index (χ4v) is 3.42. The second-order valence-electron chi connectivity index (χ2n) is 4.56. The van der Waals surface area contributed by atoms with Crippen LogP contribution in [0.2, 0.25) is 0 Å². The summed E-state index contributed by atoms with van der Waals surface area (Å²) in [4.78, 5) is 12.3. The van der Waals surface area contributed by atoms with Crippen LogP contribution >= 0.6 is 0 Å². The summed E-state index contributed by atoms with van der Waals surface area (Å²) in [5.74, 6) is -0.641. The highest BCUT2D eigenvalue weighted by Gasteiger charge is 2.25. The molecule has 0 aliphatic carbocycles. The summed E-state index contributed by atoms with van der Waals surface area (Å²) in [7, 11) is -4.15. The number of para-hydroxylation sites is 1. The number of aromatic hydroxyl groups is 1. The van der Waals surface area contributed by atoms with Gasteiger partial charge >= 0.3 is 5.69 Å². The van der Waals surface area contributed by atoms with Crippen molar-refractivity contribution in [2.75, 3.05) is 0 Å². The van der Waals surface area contributed by atoms with Gasteiger partial charge in [-0.1, -0.05) is 36.4 Å². The molecule has 3 aromatic rings. The molecule has 0 fully saturated rings. The lowest BCUT2D eigenvalue weighted by molar-refractivity contribution is 0.443. The Morgan fingerprint density at radius 3 is 2.00 bits per heavy atom. The number of benzene rings is 2. The van der Waals surface area contributed by atoms with Crippen LogP contribution in [0.15, 0.2) is 76.6 Å². The van der Waals surface area contributed by atoms with Crippen LogP contribution in [0.4, 0.5) is 0 Å². The van der Waals surface area contributed by atoms with Crippen molar-refractivity contribution in [3.05, 3.63) is 77.3 Å². The summed E-state index contributed by atoms with van der Waals surface area (Å²) in [5.41, 5.74) is -0.391. The zero-order valence-electron chi connectivity index (χ0n) is 11.3. The maximum absolute atomic E-state index is 12.5. The summed E-state index contributed by atoms with van der Waals surface area (Å²) >= 11 is 0.